The lowest BCUT2D eigenvalue weighted by atomic mass is 9.93. The van der Waals surface area contributed by atoms with Gasteiger partial charge in [0.15, 0.2) is 17.0 Å². The van der Waals surface area contributed by atoms with Crippen molar-refractivity contribution in [3.8, 4) is 5.95 Å². The first-order valence-electron chi connectivity index (χ1n) is 11.7. The number of hydrogen-bond acceptors (Lipinski definition) is 7. The summed E-state index contributed by atoms with van der Waals surface area (Å²) < 4.78 is 3.70. The van der Waals surface area contributed by atoms with Crippen LogP contribution in [0.3, 0.4) is 0 Å². The van der Waals surface area contributed by atoms with Crippen LogP contribution in [0.15, 0.2) is 18.5 Å². The van der Waals surface area contributed by atoms with Gasteiger partial charge in [0.05, 0.1) is 12.1 Å². The van der Waals surface area contributed by atoms with E-state index in [2.05, 4.69) is 34.6 Å². The Hall–Kier alpha value is -3.01. The van der Waals surface area contributed by atoms with Gasteiger partial charge >= 0.3 is 0 Å². The molecule has 3 N–H and O–H groups in total. The van der Waals surface area contributed by atoms with Gasteiger partial charge in [-0.1, -0.05) is 47.5 Å². The highest BCUT2D eigenvalue weighted by Gasteiger charge is 2.28. The number of aliphatic hydroxyl groups is 1. The van der Waals surface area contributed by atoms with E-state index in [0.717, 1.165) is 25.7 Å². The number of aliphatic hydroxyl groups excluding tert-OH is 1. The highest BCUT2D eigenvalue weighted by molar-refractivity contribution is 6.00. The minimum absolute atomic E-state index is 0.130. The van der Waals surface area contributed by atoms with Gasteiger partial charge < -0.3 is 15.7 Å². The number of anilines is 2. The molecule has 0 bridgehead atoms. The fraction of sp³-hybridized carbons (Fsp3) is 0.609. The first-order valence-corrected chi connectivity index (χ1v) is 11.7. The summed E-state index contributed by atoms with van der Waals surface area (Å²) >= 11 is 0. The van der Waals surface area contributed by atoms with Crippen molar-refractivity contribution < 1.29 is 9.90 Å². The van der Waals surface area contributed by atoms with Crippen molar-refractivity contribution in [3.05, 3.63) is 18.5 Å². The van der Waals surface area contributed by atoms with Crippen molar-refractivity contribution in [2.75, 3.05) is 10.6 Å². The van der Waals surface area contributed by atoms with Crippen molar-refractivity contribution in [1.82, 2.24) is 29.3 Å². The summed E-state index contributed by atoms with van der Waals surface area (Å²) in [5.74, 6) is 1.50. The molecule has 1 aliphatic carbocycles. The Morgan fingerprint density at radius 3 is 2.61 bits per heavy atom. The monoisotopic (exact) mass is 454 g/mol. The Kier molecular flexibility index (Phi) is 6.38. The molecule has 2 atom stereocenters. The van der Waals surface area contributed by atoms with Crippen LogP contribution >= 0.6 is 0 Å². The molecule has 178 valence electrons. The Balaban J connectivity index is 1.85. The molecule has 1 aliphatic rings. The van der Waals surface area contributed by atoms with Crippen molar-refractivity contribution in [2.45, 2.75) is 79.0 Å². The number of amides is 1. The minimum Gasteiger partial charge on any atom is -0.391 e. The van der Waals surface area contributed by atoms with E-state index in [1.165, 1.54) is 0 Å². The Morgan fingerprint density at radius 1 is 1.21 bits per heavy atom. The van der Waals surface area contributed by atoms with E-state index >= 15 is 0 Å². The van der Waals surface area contributed by atoms with Crippen LogP contribution in [0.2, 0.25) is 0 Å². The molecule has 1 fully saturated rings. The minimum atomic E-state index is -0.601. The van der Waals surface area contributed by atoms with E-state index in [1.807, 2.05) is 37.6 Å². The predicted octanol–water partition coefficient (Wildman–Crippen LogP) is 3.37. The zero-order valence-corrected chi connectivity index (χ0v) is 20.0. The second kappa shape index (κ2) is 9.09. The summed E-state index contributed by atoms with van der Waals surface area (Å²) in [6.45, 7) is 10.5. The molecule has 3 aromatic rings. The van der Waals surface area contributed by atoms with Crippen LogP contribution in [0.4, 0.5) is 11.8 Å². The smallest absolute Gasteiger partial charge is 0.233 e. The van der Waals surface area contributed by atoms with Gasteiger partial charge in [0, 0.05) is 24.4 Å². The molecule has 0 saturated heterocycles. The van der Waals surface area contributed by atoms with Crippen LogP contribution in [0.25, 0.3) is 17.1 Å². The molecule has 0 aliphatic heterocycles. The quantitative estimate of drug-likeness (QED) is 0.522. The van der Waals surface area contributed by atoms with Gasteiger partial charge in [-0.25, -0.2) is 9.67 Å². The standard InChI is InChI=1S/C23H34N8O2/c1-14(2)13-30-19-17(26-22(30)31-12-8-11-24-31)18(27-20(33)23(3,4)5)28-21(29-19)25-15-9-6-7-10-16(15)32/h8,11-12,14-16,32H,6-7,9-10,13H2,1-5H3,(H2,25,27,28,29,33). The summed E-state index contributed by atoms with van der Waals surface area (Å²) in [6, 6.07) is 1.71. The van der Waals surface area contributed by atoms with E-state index in [1.54, 1.807) is 10.9 Å². The molecular formula is C23H34N8O2. The second-order valence-corrected chi connectivity index (χ2v) is 10.2. The Bertz CT molecular complexity index is 1110. The van der Waals surface area contributed by atoms with E-state index in [-0.39, 0.29) is 11.9 Å². The van der Waals surface area contributed by atoms with Crippen LogP contribution < -0.4 is 10.6 Å². The zero-order chi connectivity index (χ0) is 23.8. The summed E-state index contributed by atoms with van der Waals surface area (Å²) in [5.41, 5.74) is 0.519. The molecule has 3 aromatic heterocycles. The molecule has 1 saturated carbocycles. The third kappa shape index (κ3) is 5.00. The van der Waals surface area contributed by atoms with Crippen molar-refractivity contribution in [3.63, 3.8) is 0 Å². The van der Waals surface area contributed by atoms with Gasteiger partial charge in [0.1, 0.15) is 0 Å². The predicted molar refractivity (Wildman–Crippen MR) is 127 cm³/mol. The average molecular weight is 455 g/mol. The number of carbonyl (C=O) groups is 1. The van der Waals surface area contributed by atoms with Crippen LogP contribution in [-0.4, -0.2) is 52.5 Å². The van der Waals surface area contributed by atoms with Gasteiger partial charge in [0.25, 0.3) is 0 Å². The fourth-order valence-corrected chi connectivity index (χ4v) is 3.98. The number of aromatic nitrogens is 6. The number of carbonyl (C=O) groups excluding carboxylic acids is 1. The average Bonchev–Trinajstić information content (AvgIpc) is 3.37. The molecule has 2 unspecified atom stereocenters. The number of hydrogen-bond donors (Lipinski definition) is 3. The lowest BCUT2D eigenvalue weighted by molar-refractivity contribution is -0.123. The lowest BCUT2D eigenvalue weighted by Crippen LogP contribution is -2.37. The Labute approximate surface area is 193 Å². The number of nitrogens with one attached hydrogen (secondary N) is 2. The summed E-state index contributed by atoms with van der Waals surface area (Å²) in [5, 5.41) is 21.1. The van der Waals surface area contributed by atoms with E-state index in [4.69, 9.17) is 9.97 Å². The molecule has 10 nitrogen and oxygen atoms in total. The molecule has 1 amide bonds. The normalized spacial score (nSPS) is 19.2. The van der Waals surface area contributed by atoms with Gasteiger partial charge in [-0.15, -0.1) is 0 Å². The maximum atomic E-state index is 12.8. The highest BCUT2D eigenvalue weighted by Crippen LogP contribution is 2.28. The SMILES string of the molecule is CC(C)Cn1c(-n2cccn2)nc2c(NC(=O)C(C)(C)C)nc(NC3CCCCC3O)nc21. The number of rotatable bonds is 6. The van der Waals surface area contributed by atoms with Gasteiger partial charge in [0.2, 0.25) is 17.8 Å². The number of nitrogens with zero attached hydrogens (tertiary/aromatic N) is 6. The maximum Gasteiger partial charge on any atom is 0.233 e. The molecular weight excluding hydrogens is 420 g/mol. The van der Waals surface area contributed by atoms with E-state index in [0.29, 0.717) is 41.3 Å². The van der Waals surface area contributed by atoms with Crippen molar-refractivity contribution in [1.29, 1.82) is 0 Å². The number of fused-ring (bicyclic) bond motifs is 1. The molecule has 10 heteroatoms. The fourth-order valence-electron chi connectivity index (χ4n) is 3.98. The summed E-state index contributed by atoms with van der Waals surface area (Å²) in [7, 11) is 0. The molecule has 4 rings (SSSR count). The molecule has 0 aromatic carbocycles. The van der Waals surface area contributed by atoms with E-state index in [9.17, 15) is 9.90 Å². The van der Waals surface area contributed by atoms with Crippen LogP contribution in [0.1, 0.15) is 60.3 Å². The zero-order valence-electron chi connectivity index (χ0n) is 20.0. The molecule has 33 heavy (non-hydrogen) atoms. The summed E-state index contributed by atoms with van der Waals surface area (Å²) in [4.78, 5) is 27.1. The highest BCUT2D eigenvalue weighted by atomic mass is 16.3. The topological polar surface area (TPSA) is 123 Å². The van der Waals surface area contributed by atoms with Gasteiger partial charge in [-0.3, -0.25) is 9.36 Å². The van der Waals surface area contributed by atoms with Gasteiger partial charge in [-0.05, 0) is 24.8 Å². The van der Waals surface area contributed by atoms with Crippen molar-refractivity contribution in [2.24, 2.45) is 11.3 Å². The lowest BCUT2D eigenvalue weighted by Gasteiger charge is -2.28. The first kappa shape index (κ1) is 23.2. The molecule has 0 radical (unpaired) electrons. The second-order valence-electron chi connectivity index (χ2n) is 10.2. The number of imidazole rings is 1. The van der Waals surface area contributed by atoms with Crippen LogP contribution in [0, 0.1) is 11.3 Å². The molecule has 0 spiro atoms. The maximum absolute atomic E-state index is 12.8. The van der Waals surface area contributed by atoms with Gasteiger partial charge in [-0.2, -0.15) is 15.1 Å². The Morgan fingerprint density at radius 2 is 1.97 bits per heavy atom. The van der Waals surface area contributed by atoms with E-state index < -0.39 is 11.5 Å². The third-order valence-corrected chi connectivity index (χ3v) is 5.79. The van der Waals surface area contributed by atoms with Crippen LogP contribution in [-0.2, 0) is 11.3 Å². The molecule has 3 heterocycles. The summed E-state index contributed by atoms with van der Waals surface area (Å²) in [6.07, 6.45) is 6.73. The largest absolute Gasteiger partial charge is 0.391 e. The third-order valence-electron chi connectivity index (χ3n) is 5.79. The van der Waals surface area contributed by atoms with Crippen molar-refractivity contribution >= 4 is 28.8 Å². The first-order chi connectivity index (χ1) is 15.6. The van der Waals surface area contributed by atoms with Crippen LogP contribution in [0.5, 0.6) is 0 Å².